The molecule has 2 aliphatic rings. The molecule has 2 aliphatic heterocycles. The number of para-hydroxylation sites is 1. The molecular formula is C19H17N3O2. The minimum Gasteiger partial charge on any atom is -0.493 e. The van der Waals surface area contributed by atoms with E-state index >= 15 is 0 Å². The molecule has 0 radical (unpaired) electrons. The van der Waals surface area contributed by atoms with Crippen molar-refractivity contribution in [3.05, 3.63) is 60.2 Å². The van der Waals surface area contributed by atoms with Crippen molar-refractivity contribution in [3.63, 3.8) is 0 Å². The molecular weight excluding hydrogens is 302 g/mol. The number of nitrogens with zero attached hydrogens (tertiary/aromatic N) is 3. The highest BCUT2D eigenvalue weighted by Gasteiger charge is 2.47. The van der Waals surface area contributed by atoms with E-state index in [1.807, 2.05) is 42.5 Å². The van der Waals surface area contributed by atoms with Gasteiger partial charge >= 0.3 is 0 Å². The fourth-order valence-electron chi connectivity index (χ4n) is 3.63. The number of aromatic nitrogens is 2. The highest BCUT2D eigenvalue weighted by molar-refractivity contribution is 5.54. The normalized spacial score (nSPS) is 17.9. The van der Waals surface area contributed by atoms with Gasteiger partial charge in [0, 0.05) is 24.1 Å². The van der Waals surface area contributed by atoms with Crippen LogP contribution in [0.1, 0.15) is 5.56 Å². The Morgan fingerprint density at radius 2 is 1.75 bits per heavy atom. The summed E-state index contributed by atoms with van der Waals surface area (Å²) in [5, 5.41) is 4.14. The lowest BCUT2D eigenvalue weighted by Crippen LogP contribution is -2.61. The zero-order chi connectivity index (χ0) is 16.0. The molecule has 1 fully saturated rings. The molecule has 0 bridgehead atoms. The van der Waals surface area contributed by atoms with Gasteiger partial charge in [-0.25, -0.2) is 0 Å². The summed E-state index contributed by atoms with van der Waals surface area (Å²) in [5.41, 5.74) is 2.41. The summed E-state index contributed by atoms with van der Waals surface area (Å²) < 4.78 is 11.4. The Hall–Kier alpha value is -2.82. The fraction of sp³-hybridized carbons (Fsp3) is 0.263. The molecule has 0 amide bonds. The van der Waals surface area contributed by atoms with Gasteiger partial charge in [0.15, 0.2) is 0 Å². The van der Waals surface area contributed by atoms with E-state index in [2.05, 4.69) is 27.2 Å². The Balaban J connectivity index is 1.32. The molecule has 120 valence electrons. The minimum absolute atomic E-state index is 0.169. The molecule has 0 aliphatic carbocycles. The van der Waals surface area contributed by atoms with Crippen molar-refractivity contribution in [2.24, 2.45) is 5.41 Å². The zero-order valence-electron chi connectivity index (χ0n) is 13.2. The molecule has 2 aromatic carbocycles. The second-order valence-corrected chi connectivity index (χ2v) is 6.69. The maximum absolute atomic E-state index is 5.95. The third kappa shape index (κ3) is 2.16. The average molecular weight is 319 g/mol. The molecule has 0 N–H and O–H groups in total. The molecule has 24 heavy (non-hydrogen) atoms. The van der Waals surface area contributed by atoms with Crippen LogP contribution in [-0.2, 0) is 6.42 Å². The fourth-order valence-corrected chi connectivity index (χ4v) is 3.63. The highest BCUT2D eigenvalue weighted by Crippen LogP contribution is 2.42. The lowest BCUT2D eigenvalue weighted by molar-refractivity contribution is 0.0865. The maximum Gasteiger partial charge on any atom is 0.266 e. The zero-order valence-corrected chi connectivity index (χ0v) is 13.2. The summed E-state index contributed by atoms with van der Waals surface area (Å²) in [6, 6.07) is 18.1. The van der Waals surface area contributed by atoms with Gasteiger partial charge in [0.1, 0.15) is 5.75 Å². The third-order valence-electron chi connectivity index (χ3n) is 4.84. The number of benzene rings is 2. The number of ether oxygens (including phenoxy) is 1. The molecule has 1 aromatic heterocycles. The van der Waals surface area contributed by atoms with Gasteiger partial charge in [0.05, 0.1) is 6.61 Å². The molecule has 5 nitrogen and oxygen atoms in total. The Morgan fingerprint density at radius 3 is 2.62 bits per heavy atom. The van der Waals surface area contributed by atoms with Gasteiger partial charge in [-0.15, -0.1) is 0 Å². The van der Waals surface area contributed by atoms with Crippen molar-refractivity contribution < 1.29 is 9.26 Å². The van der Waals surface area contributed by atoms with E-state index in [0.717, 1.165) is 37.4 Å². The first-order valence-electron chi connectivity index (χ1n) is 8.16. The van der Waals surface area contributed by atoms with Gasteiger partial charge in [-0.3, -0.25) is 0 Å². The van der Waals surface area contributed by atoms with Crippen LogP contribution in [0.5, 0.6) is 5.75 Å². The van der Waals surface area contributed by atoms with Gasteiger partial charge in [0.25, 0.3) is 11.8 Å². The lowest BCUT2D eigenvalue weighted by atomic mass is 9.74. The monoisotopic (exact) mass is 319 g/mol. The van der Waals surface area contributed by atoms with E-state index in [4.69, 9.17) is 9.26 Å². The van der Waals surface area contributed by atoms with E-state index in [0.29, 0.717) is 11.8 Å². The second kappa shape index (κ2) is 5.09. The van der Waals surface area contributed by atoms with E-state index in [-0.39, 0.29) is 5.41 Å². The largest absolute Gasteiger partial charge is 0.493 e. The summed E-state index contributed by atoms with van der Waals surface area (Å²) in [6.45, 7) is 2.55. The van der Waals surface area contributed by atoms with Crippen LogP contribution in [0.25, 0.3) is 11.5 Å². The average Bonchev–Trinajstić information content (AvgIpc) is 3.10. The first kappa shape index (κ1) is 13.6. The quantitative estimate of drug-likeness (QED) is 0.726. The van der Waals surface area contributed by atoms with Gasteiger partial charge in [-0.1, -0.05) is 36.4 Å². The molecule has 3 aromatic rings. The van der Waals surface area contributed by atoms with Crippen LogP contribution < -0.4 is 9.64 Å². The molecule has 0 atom stereocenters. The van der Waals surface area contributed by atoms with Crippen molar-refractivity contribution >= 4 is 5.95 Å². The summed E-state index contributed by atoms with van der Waals surface area (Å²) in [6.07, 6.45) is 1.04. The van der Waals surface area contributed by atoms with Crippen LogP contribution in [0.3, 0.4) is 0 Å². The van der Waals surface area contributed by atoms with Crippen molar-refractivity contribution in [1.82, 2.24) is 10.1 Å². The summed E-state index contributed by atoms with van der Waals surface area (Å²) in [7, 11) is 0. The first-order valence-corrected chi connectivity index (χ1v) is 8.16. The first-order chi connectivity index (χ1) is 11.8. The summed E-state index contributed by atoms with van der Waals surface area (Å²) >= 11 is 0. The van der Waals surface area contributed by atoms with E-state index < -0.39 is 0 Å². The van der Waals surface area contributed by atoms with Crippen LogP contribution in [0.2, 0.25) is 0 Å². The van der Waals surface area contributed by atoms with Crippen LogP contribution in [-0.4, -0.2) is 29.8 Å². The predicted molar refractivity (Wildman–Crippen MR) is 90.0 cm³/mol. The molecule has 1 spiro atoms. The van der Waals surface area contributed by atoms with Gasteiger partial charge in [-0.05, 0) is 35.3 Å². The second-order valence-electron chi connectivity index (χ2n) is 6.69. The smallest absolute Gasteiger partial charge is 0.266 e. The molecule has 0 saturated carbocycles. The van der Waals surface area contributed by atoms with E-state index in [1.165, 1.54) is 5.56 Å². The molecule has 3 heterocycles. The standard InChI is InChI=1S/C19H17N3O2/c1-2-6-14(7-3-1)17-20-18(21-24-17)22-11-19(12-22)10-15-8-4-5-9-16(15)23-13-19/h1-9H,10-13H2. The van der Waals surface area contributed by atoms with E-state index in [9.17, 15) is 0 Å². The number of rotatable bonds is 2. The molecule has 0 unspecified atom stereocenters. The molecule has 5 rings (SSSR count). The number of fused-ring (bicyclic) bond motifs is 1. The number of hydrogen-bond donors (Lipinski definition) is 0. The van der Waals surface area contributed by atoms with Crippen molar-refractivity contribution in [2.75, 3.05) is 24.6 Å². The van der Waals surface area contributed by atoms with Gasteiger partial charge < -0.3 is 14.2 Å². The van der Waals surface area contributed by atoms with Gasteiger partial charge in [0.2, 0.25) is 0 Å². The Morgan fingerprint density at radius 1 is 0.958 bits per heavy atom. The number of anilines is 1. The Labute approximate surface area is 139 Å². The molecule has 1 saturated heterocycles. The van der Waals surface area contributed by atoms with Crippen LogP contribution in [0.4, 0.5) is 5.95 Å². The number of hydrogen-bond acceptors (Lipinski definition) is 5. The predicted octanol–water partition coefficient (Wildman–Crippen LogP) is 3.18. The topological polar surface area (TPSA) is 51.4 Å². The van der Waals surface area contributed by atoms with Crippen LogP contribution in [0.15, 0.2) is 59.1 Å². The summed E-state index contributed by atoms with van der Waals surface area (Å²) in [5.74, 6) is 2.25. The van der Waals surface area contributed by atoms with Gasteiger partial charge in [-0.2, -0.15) is 4.98 Å². The minimum atomic E-state index is 0.169. The lowest BCUT2D eigenvalue weighted by Gasteiger charge is -2.51. The Bertz CT molecular complexity index is 869. The van der Waals surface area contributed by atoms with Crippen molar-refractivity contribution in [1.29, 1.82) is 0 Å². The summed E-state index contributed by atoms with van der Waals surface area (Å²) in [4.78, 5) is 6.69. The van der Waals surface area contributed by atoms with Crippen LogP contribution in [0, 0.1) is 5.41 Å². The third-order valence-corrected chi connectivity index (χ3v) is 4.84. The molecule has 5 heteroatoms. The SMILES string of the molecule is c1ccc(-c2nc(N3CC4(COc5ccccc5C4)C3)no2)cc1. The van der Waals surface area contributed by atoms with Crippen LogP contribution >= 0.6 is 0 Å². The highest BCUT2D eigenvalue weighted by atomic mass is 16.5. The maximum atomic E-state index is 5.95. The van der Waals surface area contributed by atoms with E-state index in [1.54, 1.807) is 0 Å². The van der Waals surface area contributed by atoms with Crippen molar-refractivity contribution in [3.8, 4) is 17.2 Å². The van der Waals surface area contributed by atoms with Crippen molar-refractivity contribution in [2.45, 2.75) is 6.42 Å². The Kier molecular flexibility index (Phi) is 2.89.